The van der Waals surface area contributed by atoms with Crippen molar-refractivity contribution >= 4 is 22.9 Å². The van der Waals surface area contributed by atoms with Gasteiger partial charge in [0.15, 0.2) is 11.6 Å². The van der Waals surface area contributed by atoms with Crippen LogP contribution >= 0.6 is 11.3 Å². The van der Waals surface area contributed by atoms with E-state index in [0.29, 0.717) is 12.8 Å². The maximum absolute atomic E-state index is 11.8. The van der Waals surface area contributed by atoms with E-state index in [2.05, 4.69) is 13.8 Å². The van der Waals surface area contributed by atoms with Crippen LogP contribution in [-0.4, -0.2) is 11.6 Å². The van der Waals surface area contributed by atoms with Crippen LogP contribution in [0.25, 0.3) is 0 Å². The number of unbranched alkanes of at least 4 members (excludes halogenated alkanes) is 2. The van der Waals surface area contributed by atoms with Crippen molar-refractivity contribution in [1.82, 2.24) is 0 Å². The zero-order valence-electron chi connectivity index (χ0n) is 10.6. The van der Waals surface area contributed by atoms with Gasteiger partial charge in [0.25, 0.3) is 0 Å². The number of hydrogen-bond acceptors (Lipinski definition) is 3. The number of Topliss-reactive ketones (excluding diaryl/α,β-unsaturated/α-hetero) is 2. The molecule has 17 heavy (non-hydrogen) atoms. The molecule has 1 aromatic rings. The quantitative estimate of drug-likeness (QED) is 0.639. The van der Waals surface area contributed by atoms with Gasteiger partial charge in [0, 0.05) is 12.8 Å². The Hall–Kier alpha value is -0.960. The highest BCUT2D eigenvalue weighted by Crippen LogP contribution is 2.21. The summed E-state index contributed by atoms with van der Waals surface area (Å²) in [6.45, 7) is 4.14. The summed E-state index contributed by atoms with van der Waals surface area (Å²) in [4.78, 5) is 25.0. The van der Waals surface area contributed by atoms with Gasteiger partial charge in [0.05, 0.1) is 9.75 Å². The van der Waals surface area contributed by atoms with Crippen molar-refractivity contribution in [3.05, 3.63) is 21.9 Å². The molecule has 1 heterocycles. The Morgan fingerprint density at radius 2 is 1.35 bits per heavy atom. The zero-order chi connectivity index (χ0) is 12.7. The van der Waals surface area contributed by atoms with Crippen LogP contribution in [-0.2, 0) is 0 Å². The van der Waals surface area contributed by atoms with E-state index in [0.717, 1.165) is 35.4 Å². The molecule has 0 aliphatic carbocycles. The molecule has 0 saturated carbocycles. The molecule has 2 nitrogen and oxygen atoms in total. The summed E-state index contributed by atoms with van der Waals surface area (Å²) in [5.74, 6) is 0.345. The molecule has 0 unspecified atom stereocenters. The zero-order valence-corrected chi connectivity index (χ0v) is 11.4. The summed E-state index contributed by atoms with van der Waals surface area (Å²) in [7, 11) is 0. The van der Waals surface area contributed by atoms with E-state index in [1.54, 1.807) is 12.1 Å². The van der Waals surface area contributed by atoms with Gasteiger partial charge in [-0.1, -0.05) is 26.7 Å². The molecule has 3 heteroatoms. The van der Waals surface area contributed by atoms with Crippen LogP contribution in [0.3, 0.4) is 0 Å². The third-order valence-electron chi connectivity index (χ3n) is 2.67. The number of carbonyl (C=O) groups excluding carboxylic acids is 2. The molecular formula is C14H20O2S. The van der Waals surface area contributed by atoms with E-state index in [9.17, 15) is 9.59 Å². The van der Waals surface area contributed by atoms with Gasteiger partial charge in [0.1, 0.15) is 0 Å². The fraction of sp³-hybridized carbons (Fsp3) is 0.571. The van der Waals surface area contributed by atoms with Gasteiger partial charge < -0.3 is 0 Å². The molecular weight excluding hydrogens is 232 g/mol. The number of hydrogen-bond donors (Lipinski definition) is 0. The molecule has 0 aromatic carbocycles. The second-order valence-electron chi connectivity index (χ2n) is 4.22. The third kappa shape index (κ3) is 4.43. The molecule has 0 amide bonds. The summed E-state index contributed by atoms with van der Waals surface area (Å²) >= 11 is 1.35. The lowest BCUT2D eigenvalue weighted by Gasteiger charge is -1.96. The van der Waals surface area contributed by atoms with Gasteiger partial charge in [0.2, 0.25) is 0 Å². The molecule has 94 valence electrons. The number of carbonyl (C=O) groups is 2. The first-order valence-corrected chi connectivity index (χ1v) is 7.16. The van der Waals surface area contributed by atoms with Gasteiger partial charge in [-0.2, -0.15) is 0 Å². The Labute approximate surface area is 107 Å². The van der Waals surface area contributed by atoms with Gasteiger partial charge in [-0.05, 0) is 25.0 Å². The monoisotopic (exact) mass is 252 g/mol. The Balaban J connectivity index is 2.58. The predicted molar refractivity (Wildman–Crippen MR) is 72.0 cm³/mol. The van der Waals surface area contributed by atoms with Crippen molar-refractivity contribution in [2.45, 2.75) is 52.4 Å². The first kappa shape index (κ1) is 14.1. The Kier molecular flexibility index (Phi) is 6.12. The summed E-state index contributed by atoms with van der Waals surface area (Å²) in [5.41, 5.74) is 0. The van der Waals surface area contributed by atoms with Crippen LogP contribution in [0.5, 0.6) is 0 Å². The van der Waals surface area contributed by atoms with Crippen molar-refractivity contribution in [2.75, 3.05) is 0 Å². The van der Waals surface area contributed by atoms with Gasteiger partial charge in [-0.25, -0.2) is 0 Å². The summed E-state index contributed by atoms with van der Waals surface area (Å²) in [6, 6.07) is 3.59. The van der Waals surface area contributed by atoms with Crippen LogP contribution in [0.1, 0.15) is 71.7 Å². The van der Waals surface area contributed by atoms with Crippen LogP contribution < -0.4 is 0 Å². The van der Waals surface area contributed by atoms with Crippen LogP contribution in [0.2, 0.25) is 0 Å². The van der Waals surface area contributed by atoms with Crippen molar-refractivity contribution in [2.24, 2.45) is 0 Å². The van der Waals surface area contributed by atoms with Crippen molar-refractivity contribution in [3.8, 4) is 0 Å². The largest absolute Gasteiger partial charge is 0.293 e. The molecule has 0 aliphatic heterocycles. The van der Waals surface area contributed by atoms with E-state index in [1.165, 1.54) is 11.3 Å². The molecule has 0 fully saturated rings. The molecule has 0 saturated heterocycles. The molecule has 0 N–H and O–H groups in total. The van der Waals surface area contributed by atoms with Gasteiger partial charge in [-0.15, -0.1) is 11.3 Å². The van der Waals surface area contributed by atoms with E-state index in [-0.39, 0.29) is 11.6 Å². The van der Waals surface area contributed by atoms with E-state index in [4.69, 9.17) is 0 Å². The normalized spacial score (nSPS) is 10.5. The minimum absolute atomic E-state index is 0.173. The smallest absolute Gasteiger partial charge is 0.172 e. The minimum atomic E-state index is 0.173. The molecule has 1 aromatic heterocycles. The fourth-order valence-electron chi connectivity index (χ4n) is 1.56. The fourth-order valence-corrected chi connectivity index (χ4v) is 2.50. The van der Waals surface area contributed by atoms with Gasteiger partial charge in [-0.3, -0.25) is 9.59 Å². The van der Waals surface area contributed by atoms with Crippen molar-refractivity contribution < 1.29 is 9.59 Å². The molecule has 1 rings (SSSR count). The number of ketones is 2. The first-order chi connectivity index (χ1) is 8.19. The standard InChI is InChI=1S/C14H20O2S/c1-3-5-7-11(15)13-9-10-14(17-13)12(16)8-6-4-2/h9-10H,3-8H2,1-2H3. The summed E-state index contributed by atoms with van der Waals surface area (Å²) in [5, 5.41) is 0. The highest BCUT2D eigenvalue weighted by Gasteiger charge is 2.12. The third-order valence-corrected chi connectivity index (χ3v) is 3.84. The summed E-state index contributed by atoms with van der Waals surface area (Å²) < 4.78 is 0. The van der Waals surface area contributed by atoms with Crippen LogP contribution in [0.15, 0.2) is 12.1 Å². The maximum Gasteiger partial charge on any atom is 0.172 e. The molecule has 0 radical (unpaired) electrons. The average molecular weight is 252 g/mol. The Bertz CT molecular complexity index is 345. The lowest BCUT2D eigenvalue weighted by molar-refractivity contribution is 0.0977. The average Bonchev–Trinajstić information content (AvgIpc) is 2.82. The highest BCUT2D eigenvalue weighted by atomic mass is 32.1. The maximum atomic E-state index is 11.8. The first-order valence-electron chi connectivity index (χ1n) is 6.35. The second kappa shape index (κ2) is 7.38. The molecule has 0 aliphatic rings. The van der Waals surface area contributed by atoms with Gasteiger partial charge >= 0.3 is 0 Å². The minimum Gasteiger partial charge on any atom is -0.293 e. The Morgan fingerprint density at radius 1 is 0.941 bits per heavy atom. The van der Waals surface area contributed by atoms with Crippen molar-refractivity contribution in [3.63, 3.8) is 0 Å². The van der Waals surface area contributed by atoms with Crippen molar-refractivity contribution in [1.29, 1.82) is 0 Å². The Morgan fingerprint density at radius 3 is 1.71 bits per heavy atom. The number of thiophene rings is 1. The SMILES string of the molecule is CCCCC(=O)c1ccc(C(=O)CCCC)s1. The second-order valence-corrected chi connectivity index (χ2v) is 5.30. The molecule has 0 bridgehead atoms. The topological polar surface area (TPSA) is 34.1 Å². The number of rotatable bonds is 8. The van der Waals surface area contributed by atoms with E-state index >= 15 is 0 Å². The lowest BCUT2D eigenvalue weighted by atomic mass is 10.1. The highest BCUT2D eigenvalue weighted by molar-refractivity contribution is 7.16. The van der Waals surface area contributed by atoms with E-state index in [1.807, 2.05) is 0 Å². The predicted octanol–water partition coefficient (Wildman–Crippen LogP) is 4.49. The van der Waals surface area contributed by atoms with Crippen LogP contribution in [0.4, 0.5) is 0 Å². The van der Waals surface area contributed by atoms with Crippen LogP contribution in [0, 0.1) is 0 Å². The molecule has 0 spiro atoms. The molecule has 0 atom stereocenters. The lowest BCUT2D eigenvalue weighted by Crippen LogP contribution is -1.96. The summed E-state index contributed by atoms with van der Waals surface area (Å²) in [6.07, 6.45) is 5.10. The van der Waals surface area contributed by atoms with E-state index < -0.39 is 0 Å².